The normalized spacial score (nSPS) is 27.0. The van der Waals surface area contributed by atoms with Gasteiger partial charge in [-0.25, -0.2) is 17.9 Å². The lowest BCUT2D eigenvalue weighted by atomic mass is 9.78. The molecule has 0 aliphatic carbocycles. The third kappa shape index (κ3) is 4.47. The van der Waals surface area contributed by atoms with E-state index in [1.807, 2.05) is 30.3 Å². The number of aromatic nitrogens is 3. The Kier molecular flexibility index (Phi) is 6.87. The van der Waals surface area contributed by atoms with E-state index in [1.54, 1.807) is 4.90 Å². The first-order valence-corrected chi connectivity index (χ1v) is 13.5. The van der Waals surface area contributed by atoms with E-state index in [0.717, 1.165) is 26.9 Å². The molecule has 210 valence electrons. The predicted octanol–water partition coefficient (Wildman–Crippen LogP) is 2.91. The highest BCUT2D eigenvalue weighted by Gasteiger charge is 2.56. The number of carbonyl (C=O) groups excluding carboxylic acids is 1. The van der Waals surface area contributed by atoms with Crippen molar-refractivity contribution in [1.29, 1.82) is 0 Å². The molecule has 2 aromatic carbocycles. The Balaban J connectivity index is 1.30. The van der Waals surface area contributed by atoms with Gasteiger partial charge in [-0.2, -0.15) is 0 Å². The number of benzene rings is 2. The second kappa shape index (κ2) is 10.2. The average molecular weight is 575 g/mol. The summed E-state index contributed by atoms with van der Waals surface area (Å²) < 4.78 is 49.3. The van der Waals surface area contributed by atoms with Crippen molar-refractivity contribution < 1.29 is 38.0 Å². The fourth-order valence-electron chi connectivity index (χ4n) is 5.67. The van der Waals surface area contributed by atoms with Gasteiger partial charge in [0.05, 0.1) is 24.2 Å². The molecular formula is C27H25F3N4O5S. The summed E-state index contributed by atoms with van der Waals surface area (Å²) in [5.74, 6) is -4.64. The number of rotatable bonds is 4. The quantitative estimate of drug-likeness (QED) is 0.321. The van der Waals surface area contributed by atoms with Crippen LogP contribution in [0.2, 0.25) is 0 Å². The standard InChI is InChI=1S/C27H25F3N4O5S/c28-16-8-15(9-17(29)22(16)30)18-11-34(32-31-18)23-24(36)19(12-35)39-27(25(23)37)6-3-7-33(13-27)26(38)21-10-14-4-1-2-5-20(14)40-21/h1-2,4-5,8-11,19,23-25,35-37H,3,6-7,12-13H2/t19-,23+,24+,25-,27-/m1/s1. The van der Waals surface area contributed by atoms with Crippen LogP contribution in [-0.2, 0) is 4.74 Å². The van der Waals surface area contributed by atoms with E-state index >= 15 is 0 Å². The molecule has 5 atom stereocenters. The zero-order valence-electron chi connectivity index (χ0n) is 21.0. The van der Waals surface area contributed by atoms with Gasteiger partial charge >= 0.3 is 0 Å². The number of carbonyl (C=O) groups is 1. The molecule has 2 aliphatic rings. The number of halogens is 3. The van der Waals surface area contributed by atoms with Crippen molar-refractivity contribution in [3.05, 3.63) is 71.0 Å². The summed E-state index contributed by atoms with van der Waals surface area (Å²) in [4.78, 5) is 15.6. The molecule has 13 heteroatoms. The Morgan fingerprint density at radius 3 is 2.62 bits per heavy atom. The molecule has 1 spiro atoms. The maximum absolute atomic E-state index is 13.8. The highest BCUT2D eigenvalue weighted by atomic mass is 32.1. The third-order valence-electron chi connectivity index (χ3n) is 7.66. The number of nitrogens with zero attached hydrogens (tertiary/aromatic N) is 4. The van der Waals surface area contributed by atoms with Gasteiger partial charge in [0.15, 0.2) is 17.5 Å². The molecule has 0 saturated carbocycles. The van der Waals surface area contributed by atoms with Crippen molar-refractivity contribution in [1.82, 2.24) is 19.9 Å². The van der Waals surface area contributed by atoms with Crippen molar-refractivity contribution in [2.75, 3.05) is 19.7 Å². The van der Waals surface area contributed by atoms with Gasteiger partial charge < -0.3 is 25.0 Å². The van der Waals surface area contributed by atoms with Crippen LogP contribution in [-0.4, -0.2) is 84.7 Å². The highest BCUT2D eigenvalue weighted by molar-refractivity contribution is 7.20. The first-order valence-electron chi connectivity index (χ1n) is 12.7. The maximum Gasteiger partial charge on any atom is 0.264 e. The Hall–Kier alpha value is -3.36. The zero-order valence-corrected chi connectivity index (χ0v) is 21.8. The molecule has 2 aromatic heterocycles. The summed E-state index contributed by atoms with van der Waals surface area (Å²) in [7, 11) is 0. The SMILES string of the molecule is O=C(c1cc2ccccc2s1)N1CCC[C@]2(C1)O[C@H](CO)[C@H](O)[C@H](n1cc(-c3cc(F)c(F)c(F)c3)nn1)[C@H]2O. The van der Waals surface area contributed by atoms with Crippen molar-refractivity contribution >= 4 is 27.3 Å². The van der Waals surface area contributed by atoms with E-state index in [4.69, 9.17) is 4.74 Å². The molecular weight excluding hydrogens is 549 g/mol. The van der Waals surface area contributed by atoms with E-state index in [1.165, 1.54) is 17.5 Å². The second-order valence-electron chi connectivity index (χ2n) is 10.1. The van der Waals surface area contributed by atoms with Gasteiger partial charge in [-0.05, 0) is 42.5 Å². The largest absolute Gasteiger partial charge is 0.394 e. The van der Waals surface area contributed by atoms with Gasteiger partial charge in [0.2, 0.25) is 0 Å². The van der Waals surface area contributed by atoms with E-state index < -0.39 is 54.0 Å². The summed E-state index contributed by atoms with van der Waals surface area (Å²) in [6.07, 6.45) is -1.87. The summed E-state index contributed by atoms with van der Waals surface area (Å²) in [5.41, 5.74) is -1.46. The Labute approximate surface area is 230 Å². The van der Waals surface area contributed by atoms with Crippen LogP contribution in [0, 0.1) is 17.5 Å². The van der Waals surface area contributed by atoms with Gasteiger partial charge in [0.25, 0.3) is 5.91 Å². The van der Waals surface area contributed by atoms with Gasteiger partial charge in [-0.15, -0.1) is 16.4 Å². The van der Waals surface area contributed by atoms with Gasteiger partial charge in [0, 0.05) is 16.8 Å². The van der Waals surface area contributed by atoms with Crippen LogP contribution in [0.25, 0.3) is 21.3 Å². The number of thiophene rings is 1. The smallest absolute Gasteiger partial charge is 0.264 e. The van der Waals surface area contributed by atoms with Crippen LogP contribution in [0.5, 0.6) is 0 Å². The Bertz CT molecular complexity index is 1520. The second-order valence-corrected chi connectivity index (χ2v) is 11.2. The number of likely N-dealkylation sites (tertiary alicyclic amines) is 1. The minimum Gasteiger partial charge on any atom is -0.394 e. The topological polar surface area (TPSA) is 121 Å². The summed E-state index contributed by atoms with van der Waals surface area (Å²) in [6.45, 7) is -0.152. The van der Waals surface area contributed by atoms with Gasteiger partial charge in [-0.3, -0.25) is 4.79 Å². The van der Waals surface area contributed by atoms with Crippen molar-refractivity contribution in [2.45, 2.75) is 42.8 Å². The van der Waals surface area contributed by atoms with Crippen LogP contribution in [0.3, 0.4) is 0 Å². The lowest BCUT2D eigenvalue weighted by Crippen LogP contribution is -2.68. The van der Waals surface area contributed by atoms with E-state index in [2.05, 4.69) is 10.3 Å². The first-order chi connectivity index (χ1) is 19.2. The number of aliphatic hydroxyl groups is 3. The minimum absolute atomic E-state index is 0.00307. The summed E-state index contributed by atoms with van der Waals surface area (Å²) in [5, 5.41) is 41.5. The van der Waals surface area contributed by atoms with Gasteiger partial charge in [-0.1, -0.05) is 23.4 Å². The fraction of sp³-hybridized carbons (Fsp3) is 0.370. The number of aliphatic hydroxyl groups excluding tert-OH is 3. The molecule has 4 aromatic rings. The summed E-state index contributed by atoms with van der Waals surface area (Å²) >= 11 is 1.37. The number of piperidine rings is 1. The molecule has 0 unspecified atom stereocenters. The average Bonchev–Trinajstić information content (AvgIpc) is 3.61. The molecule has 2 aliphatic heterocycles. The monoisotopic (exact) mass is 574 g/mol. The van der Waals surface area contributed by atoms with E-state index in [-0.39, 0.29) is 23.7 Å². The lowest BCUT2D eigenvalue weighted by molar-refractivity contribution is -0.266. The first kappa shape index (κ1) is 26.8. The van der Waals surface area contributed by atoms with Crippen molar-refractivity contribution in [3.8, 4) is 11.3 Å². The minimum atomic E-state index is -1.62. The molecule has 40 heavy (non-hydrogen) atoms. The van der Waals surface area contributed by atoms with E-state index in [9.17, 15) is 33.3 Å². The molecule has 2 fully saturated rings. The fourth-order valence-corrected chi connectivity index (χ4v) is 6.70. The van der Waals surface area contributed by atoms with Crippen LogP contribution < -0.4 is 0 Å². The zero-order chi connectivity index (χ0) is 28.2. The number of hydrogen-bond acceptors (Lipinski definition) is 8. The number of fused-ring (bicyclic) bond motifs is 1. The van der Waals surface area contributed by atoms with E-state index in [0.29, 0.717) is 24.3 Å². The van der Waals surface area contributed by atoms with Crippen LogP contribution >= 0.6 is 11.3 Å². The number of amides is 1. The third-order valence-corrected chi connectivity index (χ3v) is 8.77. The summed E-state index contributed by atoms with van der Waals surface area (Å²) in [6, 6.07) is 9.82. The van der Waals surface area contributed by atoms with Crippen molar-refractivity contribution in [3.63, 3.8) is 0 Å². The highest BCUT2D eigenvalue weighted by Crippen LogP contribution is 2.42. The molecule has 9 nitrogen and oxygen atoms in total. The Morgan fingerprint density at radius 2 is 1.90 bits per heavy atom. The maximum atomic E-state index is 13.8. The Morgan fingerprint density at radius 1 is 1.15 bits per heavy atom. The van der Waals surface area contributed by atoms with Crippen molar-refractivity contribution in [2.24, 2.45) is 0 Å². The lowest BCUT2D eigenvalue weighted by Gasteiger charge is -2.53. The van der Waals surface area contributed by atoms with Crippen LogP contribution in [0.4, 0.5) is 13.2 Å². The molecule has 4 heterocycles. The molecule has 3 N–H and O–H groups in total. The predicted molar refractivity (Wildman–Crippen MR) is 138 cm³/mol. The molecule has 6 rings (SSSR count). The van der Waals surface area contributed by atoms with Crippen LogP contribution in [0.15, 0.2) is 48.7 Å². The molecule has 1 amide bonds. The van der Waals surface area contributed by atoms with Gasteiger partial charge in [0.1, 0.15) is 35.6 Å². The molecule has 0 bridgehead atoms. The molecule has 2 saturated heterocycles. The van der Waals surface area contributed by atoms with Crippen LogP contribution in [0.1, 0.15) is 28.6 Å². The molecule has 0 radical (unpaired) electrons. The number of hydrogen-bond donors (Lipinski definition) is 3. The number of ether oxygens (including phenoxy) is 1.